The number of alkyl halides is 2. The average Bonchev–Trinajstić information content (AvgIpc) is 2.58. The first-order valence-corrected chi connectivity index (χ1v) is 7.92. The standard InChI is InChI=1S/C19H19F3N2O/c1-3-4-11-23-18(14-6-5-13(2)17(20)12-14)24-15-7-9-16(10-8-15)25-19(21)22/h5-12,19H,3-4H2,1-2H3. The number of hydrogen-bond acceptors (Lipinski definition) is 2. The van der Waals surface area contributed by atoms with Crippen LogP contribution in [0.3, 0.4) is 0 Å². The summed E-state index contributed by atoms with van der Waals surface area (Å²) in [6.07, 6.45) is 3.43. The van der Waals surface area contributed by atoms with Crippen molar-refractivity contribution in [3.05, 3.63) is 59.4 Å². The van der Waals surface area contributed by atoms with E-state index in [4.69, 9.17) is 0 Å². The molecule has 0 amide bonds. The number of amidine groups is 1. The largest absolute Gasteiger partial charge is 0.435 e. The van der Waals surface area contributed by atoms with Gasteiger partial charge in [0.1, 0.15) is 11.6 Å². The SMILES string of the molecule is CCCC=NC(=Nc1ccc(OC(F)F)cc1)c1ccc(C)c(F)c1. The average molecular weight is 348 g/mol. The lowest BCUT2D eigenvalue weighted by atomic mass is 10.1. The van der Waals surface area contributed by atoms with Crippen LogP contribution < -0.4 is 4.74 Å². The molecule has 0 saturated heterocycles. The van der Waals surface area contributed by atoms with Crippen molar-refractivity contribution in [2.75, 3.05) is 0 Å². The molecule has 0 fully saturated rings. The molecule has 0 radical (unpaired) electrons. The number of nitrogens with zero attached hydrogens (tertiary/aromatic N) is 2. The van der Waals surface area contributed by atoms with Crippen LogP contribution in [0, 0.1) is 12.7 Å². The van der Waals surface area contributed by atoms with Crippen LogP contribution in [0.25, 0.3) is 0 Å². The van der Waals surface area contributed by atoms with Gasteiger partial charge in [0.05, 0.1) is 5.69 Å². The fourth-order valence-electron chi connectivity index (χ4n) is 2.00. The number of benzene rings is 2. The van der Waals surface area contributed by atoms with Crippen LogP contribution in [-0.4, -0.2) is 18.7 Å². The maximum atomic E-state index is 13.8. The highest BCUT2D eigenvalue weighted by Gasteiger charge is 2.07. The molecule has 0 unspecified atom stereocenters. The fraction of sp³-hybridized carbons (Fsp3) is 0.263. The van der Waals surface area contributed by atoms with Crippen molar-refractivity contribution in [2.45, 2.75) is 33.3 Å². The summed E-state index contributed by atoms with van der Waals surface area (Å²) in [4.78, 5) is 8.73. The van der Waals surface area contributed by atoms with E-state index >= 15 is 0 Å². The normalized spacial score (nSPS) is 12.2. The van der Waals surface area contributed by atoms with Crippen molar-refractivity contribution in [1.82, 2.24) is 0 Å². The van der Waals surface area contributed by atoms with Crippen LogP contribution in [0.4, 0.5) is 18.9 Å². The summed E-state index contributed by atoms with van der Waals surface area (Å²) in [7, 11) is 0. The van der Waals surface area contributed by atoms with Crippen LogP contribution >= 0.6 is 0 Å². The highest BCUT2D eigenvalue weighted by atomic mass is 19.3. The molecule has 132 valence electrons. The van der Waals surface area contributed by atoms with Gasteiger partial charge in [-0.2, -0.15) is 8.78 Å². The number of aryl methyl sites for hydroxylation is 1. The molecule has 0 aliphatic rings. The fourth-order valence-corrected chi connectivity index (χ4v) is 2.00. The van der Waals surface area contributed by atoms with E-state index in [1.54, 1.807) is 25.3 Å². The van der Waals surface area contributed by atoms with Crippen LogP contribution in [0.1, 0.15) is 30.9 Å². The minimum atomic E-state index is -2.88. The highest BCUT2D eigenvalue weighted by molar-refractivity contribution is 6.04. The van der Waals surface area contributed by atoms with Gasteiger partial charge in [-0.3, -0.25) is 0 Å². The Morgan fingerprint density at radius 2 is 1.88 bits per heavy atom. The van der Waals surface area contributed by atoms with E-state index in [1.165, 1.54) is 30.3 Å². The molecule has 25 heavy (non-hydrogen) atoms. The zero-order chi connectivity index (χ0) is 18.2. The molecule has 0 saturated carbocycles. The van der Waals surface area contributed by atoms with Crippen molar-refractivity contribution >= 4 is 17.7 Å². The molecule has 0 aromatic heterocycles. The third kappa shape index (κ3) is 5.74. The van der Waals surface area contributed by atoms with Gasteiger partial charge in [0, 0.05) is 11.8 Å². The Bertz CT molecular complexity index is 756. The lowest BCUT2D eigenvalue weighted by molar-refractivity contribution is -0.0498. The Hall–Kier alpha value is -2.63. The zero-order valence-electron chi connectivity index (χ0n) is 14.0. The Balaban J connectivity index is 2.33. The van der Waals surface area contributed by atoms with Crippen molar-refractivity contribution < 1.29 is 17.9 Å². The van der Waals surface area contributed by atoms with Crippen molar-refractivity contribution in [3.8, 4) is 5.75 Å². The van der Waals surface area contributed by atoms with Gasteiger partial charge in [-0.1, -0.05) is 25.5 Å². The van der Waals surface area contributed by atoms with Crippen LogP contribution in [0.15, 0.2) is 52.4 Å². The van der Waals surface area contributed by atoms with Crippen molar-refractivity contribution in [1.29, 1.82) is 0 Å². The summed E-state index contributed by atoms with van der Waals surface area (Å²) < 4.78 is 42.5. The van der Waals surface area contributed by atoms with Crippen molar-refractivity contribution in [2.24, 2.45) is 9.98 Å². The summed E-state index contributed by atoms with van der Waals surface area (Å²) in [5.41, 5.74) is 1.59. The molecule has 0 spiro atoms. The number of halogens is 3. The Labute approximate surface area is 144 Å². The Morgan fingerprint density at radius 1 is 1.16 bits per heavy atom. The molecule has 0 bridgehead atoms. The van der Waals surface area contributed by atoms with Gasteiger partial charge in [0.15, 0.2) is 5.84 Å². The van der Waals surface area contributed by atoms with E-state index in [-0.39, 0.29) is 11.6 Å². The van der Waals surface area contributed by atoms with E-state index < -0.39 is 6.61 Å². The number of rotatable bonds is 6. The highest BCUT2D eigenvalue weighted by Crippen LogP contribution is 2.21. The molecule has 3 nitrogen and oxygen atoms in total. The van der Waals surface area contributed by atoms with E-state index in [2.05, 4.69) is 14.7 Å². The van der Waals surface area contributed by atoms with Crippen LogP contribution in [0.2, 0.25) is 0 Å². The van der Waals surface area contributed by atoms with Gasteiger partial charge >= 0.3 is 6.61 Å². The zero-order valence-corrected chi connectivity index (χ0v) is 14.0. The Morgan fingerprint density at radius 3 is 2.48 bits per heavy atom. The lowest BCUT2D eigenvalue weighted by Gasteiger charge is -2.06. The number of ether oxygens (including phenoxy) is 1. The van der Waals surface area contributed by atoms with Gasteiger partial charge in [0.2, 0.25) is 0 Å². The topological polar surface area (TPSA) is 34.0 Å². The first-order valence-electron chi connectivity index (χ1n) is 7.92. The third-order valence-corrected chi connectivity index (χ3v) is 3.36. The van der Waals surface area contributed by atoms with Gasteiger partial charge in [-0.05, 0) is 49.2 Å². The van der Waals surface area contributed by atoms with Gasteiger partial charge in [0.25, 0.3) is 0 Å². The predicted molar refractivity (Wildman–Crippen MR) is 93.8 cm³/mol. The first-order chi connectivity index (χ1) is 12.0. The Kier molecular flexibility index (Phi) is 6.74. The van der Waals surface area contributed by atoms with E-state index in [0.717, 1.165) is 12.8 Å². The number of aliphatic imine (C=N–C) groups is 2. The maximum absolute atomic E-state index is 13.8. The second-order valence-electron chi connectivity index (χ2n) is 5.37. The molecule has 0 N–H and O–H groups in total. The lowest BCUT2D eigenvalue weighted by Crippen LogP contribution is -2.01. The van der Waals surface area contributed by atoms with E-state index in [0.29, 0.717) is 22.6 Å². The predicted octanol–water partition coefficient (Wildman–Crippen LogP) is 5.68. The minimum Gasteiger partial charge on any atom is -0.435 e. The van der Waals surface area contributed by atoms with Crippen molar-refractivity contribution in [3.63, 3.8) is 0 Å². The summed E-state index contributed by atoms with van der Waals surface area (Å²) in [6, 6.07) is 10.7. The number of hydrogen-bond donors (Lipinski definition) is 0. The molecule has 0 atom stereocenters. The molecule has 0 aliphatic carbocycles. The summed E-state index contributed by atoms with van der Waals surface area (Å²) in [6.45, 7) is 0.827. The third-order valence-electron chi connectivity index (χ3n) is 3.36. The molecule has 2 aromatic carbocycles. The molecule has 6 heteroatoms. The first kappa shape index (κ1) is 18.7. The van der Waals surface area contributed by atoms with Gasteiger partial charge in [-0.25, -0.2) is 14.4 Å². The molecule has 0 aliphatic heterocycles. The molecular weight excluding hydrogens is 329 g/mol. The van der Waals surface area contributed by atoms with E-state index in [9.17, 15) is 13.2 Å². The summed E-state index contributed by atoms with van der Waals surface area (Å²) in [5, 5.41) is 0. The smallest absolute Gasteiger partial charge is 0.387 e. The van der Waals surface area contributed by atoms with Crippen LogP contribution in [-0.2, 0) is 0 Å². The minimum absolute atomic E-state index is 0.0476. The van der Waals surface area contributed by atoms with E-state index in [1.807, 2.05) is 6.92 Å². The van der Waals surface area contributed by atoms with Gasteiger partial charge < -0.3 is 4.74 Å². The van der Waals surface area contributed by atoms with Gasteiger partial charge in [-0.15, -0.1) is 0 Å². The number of unbranched alkanes of at least 4 members (excludes halogenated alkanes) is 1. The van der Waals surface area contributed by atoms with Crippen LogP contribution in [0.5, 0.6) is 5.75 Å². The summed E-state index contributed by atoms with van der Waals surface area (Å²) >= 11 is 0. The second-order valence-corrected chi connectivity index (χ2v) is 5.37. The monoisotopic (exact) mass is 348 g/mol. The molecule has 2 aromatic rings. The quantitative estimate of drug-likeness (QED) is 0.488. The summed E-state index contributed by atoms with van der Waals surface area (Å²) in [5.74, 6) is 0.0674. The second kappa shape index (κ2) is 9.01. The molecular formula is C19H19F3N2O. The molecule has 2 rings (SSSR count). The molecule has 0 heterocycles. The maximum Gasteiger partial charge on any atom is 0.387 e.